The average Bonchev–Trinajstić information content (AvgIpc) is 3.00. The lowest BCUT2D eigenvalue weighted by atomic mass is 9.83. The highest BCUT2D eigenvalue weighted by atomic mass is 16.5. The van der Waals surface area contributed by atoms with Gasteiger partial charge >= 0.3 is 0 Å². The summed E-state index contributed by atoms with van der Waals surface area (Å²) in [6.07, 6.45) is 8.94. The number of benzene rings is 1. The van der Waals surface area contributed by atoms with Crippen LogP contribution in [0.1, 0.15) is 77.5 Å². The van der Waals surface area contributed by atoms with Gasteiger partial charge in [-0.05, 0) is 88.6 Å². The monoisotopic (exact) mass is 594 g/mol. The number of ketones is 1. The van der Waals surface area contributed by atoms with Crippen molar-refractivity contribution in [1.29, 1.82) is 0 Å². The standard InChI is InChI=1S/C34H50N4O5/c1-23(21-27-15-17-29(40)18-16-27)33(41)36-20-9-13-30-31(14-10-19-35-30)43-24(2)22-37-32(28-11-7-6-8-12-28)34(42)38(5)25(3)26(4)39/h10,14-19,23-25,28,32,37,40H,6-9,11-13,20-22H2,1-5H3,(H,36,41)/t23-,24-,25-,32+/m1/s1. The third-order valence-electron chi connectivity index (χ3n) is 8.52. The number of carbonyl (C=O) groups is 3. The van der Waals surface area contributed by atoms with Crippen LogP contribution in [0.5, 0.6) is 11.5 Å². The molecule has 3 N–H and O–H groups in total. The van der Waals surface area contributed by atoms with Crippen molar-refractivity contribution in [3.05, 3.63) is 53.9 Å². The number of phenolic OH excluding ortho intramolecular Hbond substituents is 1. The number of rotatable bonds is 16. The zero-order valence-electron chi connectivity index (χ0n) is 26.5. The topological polar surface area (TPSA) is 121 Å². The van der Waals surface area contributed by atoms with Crippen LogP contribution in [-0.2, 0) is 27.2 Å². The molecule has 9 nitrogen and oxygen atoms in total. The zero-order chi connectivity index (χ0) is 31.4. The van der Waals surface area contributed by atoms with Gasteiger partial charge in [0.2, 0.25) is 11.8 Å². The molecular formula is C34H50N4O5. The number of nitrogens with zero attached hydrogens (tertiary/aromatic N) is 2. The zero-order valence-corrected chi connectivity index (χ0v) is 26.5. The molecule has 1 aromatic carbocycles. The second kappa shape index (κ2) is 17.0. The first-order chi connectivity index (χ1) is 20.6. The molecule has 0 radical (unpaired) electrons. The van der Waals surface area contributed by atoms with E-state index in [1.54, 1.807) is 37.2 Å². The molecule has 1 aliphatic carbocycles. The molecule has 0 bridgehead atoms. The number of hydrogen-bond acceptors (Lipinski definition) is 7. The Morgan fingerprint density at radius 3 is 2.44 bits per heavy atom. The van der Waals surface area contributed by atoms with Gasteiger partial charge in [-0.3, -0.25) is 19.4 Å². The van der Waals surface area contributed by atoms with E-state index in [-0.39, 0.29) is 47.3 Å². The fraction of sp³-hybridized carbons (Fsp3) is 0.588. The number of pyridine rings is 1. The molecule has 43 heavy (non-hydrogen) atoms. The number of aryl methyl sites for hydroxylation is 1. The minimum absolute atomic E-state index is 0.00401. The first-order valence-corrected chi connectivity index (χ1v) is 15.7. The van der Waals surface area contributed by atoms with Gasteiger partial charge in [0.25, 0.3) is 0 Å². The molecule has 1 saturated carbocycles. The van der Waals surface area contributed by atoms with Crippen molar-refractivity contribution < 1.29 is 24.2 Å². The van der Waals surface area contributed by atoms with E-state index in [0.717, 1.165) is 43.4 Å². The SMILES string of the molecule is CC(=O)[C@@H](C)N(C)C(=O)[C@@H](NC[C@@H](C)Oc1cccnc1CCCNC(=O)[C@H](C)Cc1ccc(O)cc1)C1CCCCC1. The van der Waals surface area contributed by atoms with Crippen LogP contribution in [0.25, 0.3) is 0 Å². The maximum absolute atomic E-state index is 13.5. The van der Waals surface area contributed by atoms with Crippen LogP contribution in [0, 0.1) is 11.8 Å². The van der Waals surface area contributed by atoms with Gasteiger partial charge in [-0.1, -0.05) is 38.3 Å². The summed E-state index contributed by atoms with van der Waals surface area (Å²) in [7, 11) is 1.71. The van der Waals surface area contributed by atoms with Gasteiger partial charge in [-0.15, -0.1) is 0 Å². The highest BCUT2D eigenvalue weighted by Crippen LogP contribution is 2.28. The van der Waals surface area contributed by atoms with Crippen LogP contribution in [-0.4, -0.2) is 70.9 Å². The summed E-state index contributed by atoms with van der Waals surface area (Å²) in [6.45, 7) is 8.19. The van der Waals surface area contributed by atoms with E-state index >= 15 is 0 Å². The number of carbonyl (C=O) groups excluding carboxylic acids is 3. The summed E-state index contributed by atoms with van der Waals surface area (Å²) in [5.41, 5.74) is 1.84. The molecule has 1 aromatic heterocycles. The minimum Gasteiger partial charge on any atom is -0.508 e. The number of aromatic hydroxyl groups is 1. The highest BCUT2D eigenvalue weighted by molar-refractivity contribution is 5.89. The third kappa shape index (κ3) is 10.6. The predicted octanol–water partition coefficient (Wildman–Crippen LogP) is 4.46. The van der Waals surface area contributed by atoms with Gasteiger partial charge in [0, 0.05) is 32.3 Å². The second-order valence-electron chi connectivity index (χ2n) is 12.1. The summed E-state index contributed by atoms with van der Waals surface area (Å²) in [4.78, 5) is 44.1. The number of aromatic nitrogens is 1. The summed E-state index contributed by atoms with van der Waals surface area (Å²) < 4.78 is 6.29. The molecule has 0 saturated heterocycles. The van der Waals surface area contributed by atoms with Crippen LogP contribution < -0.4 is 15.4 Å². The lowest BCUT2D eigenvalue weighted by Gasteiger charge is -2.35. The molecule has 2 amide bonds. The first-order valence-electron chi connectivity index (χ1n) is 15.7. The van der Waals surface area contributed by atoms with Gasteiger partial charge in [-0.25, -0.2) is 0 Å². The Balaban J connectivity index is 1.50. The molecule has 1 fully saturated rings. The Hall–Kier alpha value is -3.46. The van der Waals surface area contributed by atoms with Crippen molar-refractivity contribution in [3.8, 4) is 11.5 Å². The third-order valence-corrected chi connectivity index (χ3v) is 8.52. The lowest BCUT2D eigenvalue weighted by molar-refractivity contribution is -0.140. The second-order valence-corrected chi connectivity index (χ2v) is 12.1. The maximum Gasteiger partial charge on any atom is 0.240 e. The molecule has 1 heterocycles. The fourth-order valence-corrected chi connectivity index (χ4v) is 5.60. The maximum atomic E-state index is 13.5. The van der Waals surface area contributed by atoms with Crippen molar-refractivity contribution in [2.24, 2.45) is 11.8 Å². The Kier molecular flexibility index (Phi) is 13.4. The van der Waals surface area contributed by atoms with Crippen molar-refractivity contribution in [3.63, 3.8) is 0 Å². The lowest BCUT2D eigenvalue weighted by Crippen LogP contribution is -2.54. The molecule has 0 unspecified atom stereocenters. The largest absolute Gasteiger partial charge is 0.508 e. The summed E-state index contributed by atoms with van der Waals surface area (Å²) in [5, 5.41) is 16.0. The first kappa shape index (κ1) is 34.0. The van der Waals surface area contributed by atoms with Crippen LogP contribution >= 0.6 is 0 Å². The van der Waals surface area contributed by atoms with Gasteiger partial charge in [-0.2, -0.15) is 0 Å². The molecule has 1 aliphatic rings. The van der Waals surface area contributed by atoms with Crippen LogP contribution in [0.2, 0.25) is 0 Å². The van der Waals surface area contributed by atoms with Gasteiger partial charge < -0.3 is 25.4 Å². The summed E-state index contributed by atoms with van der Waals surface area (Å²) >= 11 is 0. The van der Waals surface area contributed by atoms with E-state index in [1.807, 2.05) is 38.1 Å². The molecular weight excluding hydrogens is 544 g/mol. The summed E-state index contributed by atoms with van der Waals surface area (Å²) in [6, 6.07) is 9.87. The Bertz CT molecular complexity index is 1180. The highest BCUT2D eigenvalue weighted by Gasteiger charge is 2.33. The van der Waals surface area contributed by atoms with Crippen LogP contribution in [0.3, 0.4) is 0 Å². The number of phenols is 1. The number of ether oxygens (including phenoxy) is 1. The van der Waals surface area contributed by atoms with Gasteiger partial charge in [0.1, 0.15) is 17.6 Å². The summed E-state index contributed by atoms with van der Waals surface area (Å²) in [5.74, 6) is 0.907. The molecule has 2 aromatic rings. The quantitative estimate of drug-likeness (QED) is 0.246. The number of nitrogens with one attached hydrogen (secondary N) is 2. The number of hydrogen-bond donors (Lipinski definition) is 3. The van der Waals surface area contributed by atoms with E-state index in [4.69, 9.17) is 4.74 Å². The Morgan fingerprint density at radius 2 is 1.77 bits per heavy atom. The fourth-order valence-electron chi connectivity index (χ4n) is 5.60. The van der Waals surface area contributed by atoms with Crippen molar-refractivity contribution in [2.75, 3.05) is 20.1 Å². The van der Waals surface area contributed by atoms with Crippen LogP contribution in [0.15, 0.2) is 42.6 Å². The van der Waals surface area contributed by atoms with Crippen molar-refractivity contribution >= 4 is 17.6 Å². The van der Waals surface area contributed by atoms with Gasteiger partial charge in [0.05, 0.1) is 17.8 Å². The molecule has 0 spiro atoms. The number of likely N-dealkylation sites (N-methyl/N-ethyl adjacent to an activating group) is 1. The van der Waals surface area contributed by atoms with Gasteiger partial charge in [0.15, 0.2) is 5.78 Å². The Labute approximate surface area is 256 Å². The van der Waals surface area contributed by atoms with E-state index in [0.29, 0.717) is 31.7 Å². The van der Waals surface area contributed by atoms with E-state index in [1.165, 1.54) is 13.3 Å². The molecule has 9 heteroatoms. The molecule has 3 rings (SSSR count). The van der Waals surface area contributed by atoms with E-state index in [9.17, 15) is 19.5 Å². The smallest absolute Gasteiger partial charge is 0.240 e. The van der Waals surface area contributed by atoms with Crippen molar-refractivity contribution in [2.45, 2.75) is 97.2 Å². The normalized spacial score (nSPS) is 16.5. The molecule has 0 aliphatic heterocycles. The molecule has 236 valence electrons. The van der Waals surface area contributed by atoms with Crippen molar-refractivity contribution in [1.82, 2.24) is 20.5 Å². The Morgan fingerprint density at radius 1 is 1.07 bits per heavy atom. The van der Waals surface area contributed by atoms with Crippen LogP contribution in [0.4, 0.5) is 0 Å². The van der Waals surface area contributed by atoms with E-state index in [2.05, 4.69) is 15.6 Å². The minimum atomic E-state index is -0.459. The predicted molar refractivity (Wildman–Crippen MR) is 168 cm³/mol. The number of Topliss-reactive ketones (excluding diaryl/α,β-unsaturated/α-hetero) is 1. The van der Waals surface area contributed by atoms with E-state index < -0.39 is 6.04 Å². The average molecular weight is 595 g/mol. The molecule has 4 atom stereocenters. The number of amides is 2.